The molecule has 2 heterocycles. The lowest BCUT2D eigenvalue weighted by Crippen LogP contribution is -2.65. The molecule has 14 heteroatoms. The highest BCUT2D eigenvalue weighted by molar-refractivity contribution is 5.94. The first-order valence-corrected chi connectivity index (χ1v) is 12.7. The molecule has 3 aliphatic rings. The van der Waals surface area contributed by atoms with Crippen LogP contribution < -0.4 is 16.0 Å². The Morgan fingerprint density at radius 2 is 1.85 bits per heavy atom. The van der Waals surface area contributed by atoms with Crippen molar-refractivity contribution in [2.24, 2.45) is 11.8 Å². The molecule has 9 nitrogen and oxygen atoms in total. The van der Waals surface area contributed by atoms with Crippen LogP contribution in [0.2, 0.25) is 0 Å². The standard InChI is InChI=1S/C25H30F5N5O4/c1-2-4-17-11-24(26,27)12-19(21(37)33-16(13-31)10-15-7-8-32-20(15)36)35(17)22(38)18(9-14-5-3-6-14)34-23(39)25(28,29)30/h1,14-19H,3-12H2,(H,32,36)(H,33,37)(H,34,39)/t15-,16-,17-,18-,19-/m0/s1. The van der Waals surface area contributed by atoms with E-state index in [0.29, 0.717) is 25.8 Å². The molecule has 3 fully saturated rings. The molecule has 0 radical (unpaired) electrons. The molecule has 39 heavy (non-hydrogen) atoms. The van der Waals surface area contributed by atoms with Crippen molar-refractivity contribution in [1.29, 1.82) is 5.26 Å². The van der Waals surface area contributed by atoms with Crippen molar-refractivity contribution in [3.63, 3.8) is 0 Å². The lowest BCUT2D eigenvalue weighted by molar-refractivity contribution is -0.176. The van der Waals surface area contributed by atoms with E-state index in [4.69, 9.17) is 6.42 Å². The summed E-state index contributed by atoms with van der Waals surface area (Å²) in [5.41, 5.74) is 0. The van der Waals surface area contributed by atoms with Crippen LogP contribution in [0.3, 0.4) is 0 Å². The van der Waals surface area contributed by atoms with Crippen LogP contribution in [0, 0.1) is 35.5 Å². The van der Waals surface area contributed by atoms with Crippen molar-refractivity contribution in [2.75, 3.05) is 6.54 Å². The average molecular weight is 560 g/mol. The van der Waals surface area contributed by atoms with Crippen molar-refractivity contribution in [2.45, 2.75) is 94.1 Å². The zero-order valence-corrected chi connectivity index (χ0v) is 21.0. The quantitative estimate of drug-likeness (QED) is 0.293. The molecule has 1 saturated carbocycles. The van der Waals surface area contributed by atoms with Crippen LogP contribution in [-0.4, -0.2) is 71.3 Å². The van der Waals surface area contributed by atoms with Gasteiger partial charge >= 0.3 is 12.1 Å². The molecule has 2 saturated heterocycles. The van der Waals surface area contributed by atoms with Gasteiger partial charge in [0.2, 0.25) is 17.7 Å². The summed E-state index contributed by atoms with van der Waals surface area (Å²) in [4.78, 5) is 51.3. The summed E-state index contributed by atoms with van der Waals surface area (Å²) in [6.07, 6.45) is -0.312. The van der Waals surface area contributed by atoms with E-state index in [-0.39, 0.29) is 24.7 Å². The second-order valence-corrected chi connectivity index (χ2v) is 10.3. The third kappa shape index (κ3) is 7.58. The number of nitrogens with one attached hydrogen (secondary N) is 3. The molecule has 1 aliphatic carbocycles. The van der Waals surface area contributed by atoms with Crippen LogP contribution in [0.25, 0.3) is 0 Å². The van der Waals surface area contributed by atoms with E-state index in [2.05, 4.69) is 16.6 Å². The number of alkyl halides is 5. The molecule has 0 aromatic rings. The number of likely N-dealkylation sites (tertiary alicyclic amines) is 1. The van der Waals surface area contributed by atoms with Crippen molar-refractivity contribution < 1.29 is 41.1 Å². The fourth-order valence-electron chi connectivity index (χ4n) is 5.29. The smallest absolute Gasteiger partial charge is 0.356 e. The van der Waals surface area contributed by atoms with E-state index in [1.54, 1.807) is 5.32 Å². The fourth-order valence-corrected chi connectivity index (χ4v) is 5.29. The van der Waals surface area contributed by atoms with E-state index in [0.717, 1.165) is 11.3 Å². The maximum Gasteiger partial charge on any atom is 0.471 e. The van der Waals surface area contributed by atoms with Crippen molar-refractivity contribution >= 4 is 23.6 Å². The summed E-state index contributed by atoms with van der Waals surface area (Å²) in [5.74, 6) is -6.97. The number of hydrogen-bond acceptors (Lipinski definition) is 5. The highest BCUT2D eigenvalue weighted by Crippen LogP contribution is 2.38. The Balaban J connectivity index is 1.89. The van der Waals surface area contributed by atoms with Gasteiger partial charge in [-0.3, -0.25) is 19.2 Å². The van der Waals surface area contributed by atoms with Crippen LogP contribution >= 0.6 is 0 Å². The second kappa shape index (κ2) is 12.2. The first-order valence-electron chi connectivity index (χ1n) is 12.7. The van der Waals surface area contributed by atoms with Gasteiger partial charge in [0.15, 0.2) is 0 Å². The third-order valence-corrected chi connectivity index (χ3v) is 7.48. The minimum atomic E-state index is -5.30. The van der Waals surface area contributed by atoms with Crippen LogP contribution in [0.15, 0.2) is 0 Å². The highest BCUT2D eigenvalue weighted by atomic mass is 19.4. The minimum absolute atomic E-state index is 0.0924. The number of halogens is 5. The van der Waals surface area contributed by atoms with E-state index in [1.165, 1.54) is 0 Å². The molecular formula is C25H30F5N5O4. The number of amides is 4. The first kappa shape index (κ1) is 30.1. The zero-order chi connectivity index (χ0) is 29.0. The summed E-state index contributed by atoms with van der Waals surface area (Å²) in [6.45, 7) is 0.381. The summed E-state index contributed by atoms with van der Waals surface area (Å²) in [5, 5.41) is 16.1. The summed E-state index contributed by atoms with van der Waals surface area (Å²) < 4.78 is 68.6. The second-order valence-electron chi connectivity index (χ2n) is 10.3. The molecule has 4 amide bonds. The summed E-state index contributed by atoms with van der Waals surface area (Å²) in [6, 6.07) is -4.44. The molecule has 214 valence electrons. The molecular weight excluding hydrogens is 529 g/mol. The van der Waals surface area contributed by atoms with Gasteiger partial charge in [-0.25, -0.2) is 8.78 Å². The van der Waals surface area contributed by atoms with Crippen LogP contribution in [0.4, 0.5) is 22.0 Å². The predicted octanol–water partition coefficient (Wildman–Crippen LogP) is 1.78. The Hall–Kier alpha value is -3.42. The van der Waals surface area contributed by atoms with Crippen molar-refractivity contribution in [1.82, 2.24) is 20.9 Å². The first-order chi connectivity index (χ1) is 18.3. The molecule has 0 aromatic heterocycles. The Kier molecular flexibility index (Phi) is 9.41. The average Bonchev–Trinajstić information content (AvgIpc) is 3.22. The SMILES string of the molecule is C#CC[C@H]1CC(F)(F)C[C@@H](C(=O)N[C@H](C#N)C[C@@H]2CCNC2=O)N1C(=O)[C@H](CC1CCC1)NC(=O)C(F)(F)F. The molecule has 3 rings (SSSR count). The summed E-state index contributed by atoms with van der Waals surface area (Å²) >= 11 is 0. The predicted molar refractivity (Wildman–Crippen MR) is 125 cm³/mol. The number of rotatable bonds is 9. The maximum absolute atomic E-state index is 14.7. The van der Waals surface area contributed by atoms with Gasteiger partial charge in [-0.1, -0.05) is 19.3 Å². The van der Waals surface area contributed by atoms with Gasteiger partial charge in [-0.05, 0) is 25.2 Å². The van der Waals surface area contributed by atoms with Gasteiger partial charge in [-0.2, -0.15) is 18.4 Å². The molecule has 3 N–H and O–H groups in total. The summed E-state index contributed by atoms with van der Waals surface area (Å²) in [7, 11) is 0. The van der Waals surface area contributed by atoms with Gasteiger partial charge in [0.1, 0.15) is 18.1 Å². The van der Waals surface area contributed by atoms with E-state index in [9.17, 15) is 46.4 Å². The monoisotopic (exact) mass is 559 g/mol. The van der Waals surface area contributed by atoms with Crippen LogP contribution in [0.1, 0.15) is 57.8 Å². The number of nitriles is 1. The fraction of sp³-hybridized carbons (Fsp3) is 0.720. The normalized spacial score (nSPS) is 26.3. The zero-order valence-electron chi connectivity index (χ0n) is 21.0. The third-order valence-electron chi connectivity index (χ3n) is 7.48. The lowest BCUT2D eigenvalue weighted by Gasteiger charge is -2.45. The van der Waals surface area contributed by atoms with E-state index >= 15 is 0 Å². The Labute approximate surface area is 222 Å². The number of piperidine rings is 1. The van der Waals surface area contributed by atoms with Crippen molar-refractivity contribution in [3.05, 3.63) is 0 Å². The molecule has 0 bridgehead atoms. The number of terminal acetylenes is 1. The Morgan fingerprint density at radius 3 is 2.36 bits per heavy atom. The van der Waals surface area contributed by atoms with Crippen LogP contribution in [0.5, 0.6) is 0 Å². The highest BCUT2D eigenvalue weighted by Gasteiger charge is 2.52. The molecule has 0 aromatic carbocycles. The van der Waals surface area contributed by atoms with Gasteiger partial charge < -0.3 is 20.9 Å². The maximum atomic E-state index is 14.7. The van der Waals surface area contributed by atoms with E-state index in [1.807, 2.05) is 6.07 Å². The Bertz CT molecular complexity index is 1050. The number of nitrogens with zero attached hydrogens (tertiary/aromatic N) is 2. The van der Waals surface area contributed by atoms with Gasteiger partial charge in [0.25, 0.3) is 5.92 Å². The van der Waals surface area contributed by atoms with Gasteiger partial charge in [0, 0.05) is 37.8 Å². The number of carbonyl (C=O) groups excluding carboxylic acids is 4. The minimum Gasteiger partial charge on any atom is -0.356 e. The Morgan fingerprint density at radius 1 is 1.15 bits per heavy atom. The molecule has 2 aliphatic heterocycles. The molecule has 0 spiro atoms. The van der Waals surface area contributed by atoms with Crippen molar-refractivity contribution in [3.8, 4) is 18.4 Å². The van der Waals surface area contributed by atoms with Crippen LogP contribution in [-0.2, 0) is 19.2 Å². The molecule has 0 unspecified atom stereocenters. The number of hydrogen-bond donors (Lipinski definition) is 3. The lowest BCUT2D eigenvalue weighted by atomic mass is 9.80. The van der Waals surface area contributed by atoms with E-state index < -0.39 is 79.2 Å². The van der Waals surface area contributed by atoms with Gasteiger partial charge in [0.05, 0.1) is 6.07 Å². The van der Waals surface area contributed by atoms with Gasteiger partial charge in [-0.15, -0.1) is 12.3 Å². The largest absolute Gasteiger partial charge is 0.471 e. The molecule has 5 atom stereocenters. The number of carbonyl (C=O) groups is 4. The topological polar surface area (TPSA) is 131 Å².